The zero-order valence-corrected chi connectivity index (χ0v) is 18.4. The van der Waals surface area contributed by atoms with E-state index in [0.717, 1.165) is 48.5 Å². The summed E-state index contributed by atoms with van der Waals surface area (Å²) in [6.07, 6.45) is 3.52. The van der Waals surface area contributed by atoms with Crippen molar-refractivity contribution in [2.75, 3.05) is 27.3 Å². The van der Waals surface area contributed by atoms with E-state index in [1.807, 2.05) is 42.2 Å². The lowest BCUT2D eigenvalue weighted by Gasteiger charge is -2.33. The molecule has 1 atom stereocenters. The number of nitrogens with zero attached hydrogens (tertiary/aromatic N) is 1. The third-order valence-corrected chi connectivity index (χ3v) is 6.15. The van der Waals surface area contributed by atoms with Crippen LogP contribution >= 0.6 is 0 Å². The van der Waals surface area contributed by atoms with Crippen molar-refractivity contribution in [3.63, 3.8) is 0 Å². The molecule has 6 heteroatoms. The summed E-state index contributed by atoms with van der Waals surface area (Å²) in [4.78, 5) is 18.2. The zero-order valence-electron chi connectivity index (χ0n) is 18.4. The molecule has 3 aromatic rings. The molecule has 1 N–H and O–H groups in total. The van der Waals surface area contributed by atoms with Gasteiger partial charge in [-0.3, -0.25) is 4.79 Å². The van der Waals surface area contributed by atoms with Crippen LogP contribution in [0.4, 0.5) is 0 Å². The number of aromatic amines is 1. The van der Waals surface area contributed by atoms with Gasteiger partial charge in [0.1, 0.15) is 17.6 Å². The van der Waals surface area contributed by atoms with Crippen molar-refractivity contribution in [1.82, 2.24) is 9.88 Å². The number of piperidine rings is 1. The number of hydrogen-bond acceptors (Lipinski definition) is 4. The van der Waals surface area contributed by atoms with Crippen LogP contribution in [0.3, 0.4) is 0 Å². The van der Waals surface area contributed by atoms with Gasteiger partial charge in [-0.1, -0.05) is 12.1 Å². The first-order chi connectivity index (χ1) is 15.1. The van der Waals surface area contributed by atoms with Gasteiger partial charge in [0, 0.05) is 30.2 Å². The molecule has 1 fully saturated rings. The van der Waals surface area contributed by atoms with Crippen LogP contribution in [-0.4, -0.2) is 49.2 Å². The fourth-order valence-corrected chi connectivity index (χ4v) is 4.31. The Morgan fingerprint density at radius 1 is 1.10 bits per heavy atom. The minimum absolute atomic E-state index is 0.0574. The highest BCUT2D eigenvalue weighted by Crippen LogP contribution is 2.34. The van der Waals surface area contributed by atoms with Gasteiger partial charge in [-0.05, 0) is 67.1 Å². The highest BCUT2D eigenvalue weighted by molar-refractivity contribution is 5.85. The first-order valence-corrected chi connectivity index (χ1v) is 10.8. The first-order valence-electron chi connectivity index (χ1n) is 10.8. The number of H-pyrrole nitrogens is 1. The van der Waals surface area contributed by atoms with Crippen molar-refractivity contribution in [3.8, 4) is 11.5 Å². The number of ether oxygens (including phenoxy) is 3. The number of fused-ring (bicyclic) bond motifs is 1. The number of carbonyl (C=O) groups excluding carboxylic acids is 1. The summed E-state index contributed by atoms with van der Waals surface area (Å²) in [6.45, 7) is 3.71. The Hall–Kier alpha value is -2.99. The molecule has 164 valence electrons. The lowest BCUT2D eigenvalue weighted by Crippen LogP contribution is -2.43. The molecule has 1 aromatic heterocycles. The van der Waals surface area contributed by atoms with Crippen LogP contribution in [0.15, 0.2) is 48.7 Å². The summed E-state index contributed by atoms with van der Waals surface area (Å²) in [5.41, 5.74) is 3.42. The Labute approximate surface area is 183 Å². The lowest BCUT2D eigenvalue weighted by molar-refractivity contribution is -0.144. The molecule has 2 aromatic carbocycles. The quantitative estimate of drug-likeness (QED) is 0.609. The van der Waals surface area contributed by atoms with Crippen LogP contribution in [0.2, 0.25) is 0 Å². The van der Waals surface area contributed by atoms with Gasteiger partial charge < -0.3 is 24.1 Å². The smallest absolute Gasteiger partial charge is 0.251 e. The molecule has 6 nitrogen and oxygen atoms in total. The Morgan fingerprint density at radius 3 is 2.58 bits per heavy atom. The van der Waals surface area contributed by atoms with E-state index in [1.54, 1.807) is 14.2 Å². The summed E-state index contributed by atoms with van der Waals surface area (Å²) in [5.74, 6) is 2.14. The van der Waals surface area contributed by atoms with Gasteiger partial charge >= 0.3 is 0 Å². The number of amides is 1. The van der Waals surface area contributed by atoms with Crippen molar-refractivity contribution in [3.05, 3.63) is 59.8 Å². The number of aromatic nitrogens is 1. The maximum absolute atomic E-state index is 12.9. The van der Waals surface area contributed by atoms with Crippen molar-refractivity contribution in [1.29, 1.82) is 0 Å². The second kappa shape index (κ2) is 9.43. The van der Waals surface area contributed by atoms with Crippen LogP contribution in [0.25, 0.3) is 10.9 Å². The summed E-state index contributed by atoms with van der Waals surface area (Å²) < 4.78 is 16.5. The highest BCUT2D eigenvalue weighted by atomic mass is 16.5. The van der Waals surface area contributed by atoms with Crippen molar-refractivity contribution in [2.45, 2.75) is 38.4 Å². The number of nitrogens with one attached hydrogen (secondary N) is 1. The molecule has 31 heavy (non-hydrogen) atoms. The van der Waals surface area contributed by atoms with Gasteiger partial charge in [0.05, 0.1) is 20.8 Å². The minimum atomic E-state index is -0.472. The molecule has 1 amide bonds. The van der Waals surface area contributed by atoms with Crippen LogP contribution in [-0.2, 0) is 16.1 Å². The average molecular weight is 423 g/mol. The SMILES string of the molecule is COc1cccc(COC(C)C(=O)N2CCC(c3c[nH]c4ccc(OC)cc34)CC2)c1. The molecule has 0 spiro atoms. The number of methoxy groups -OCH3 is 2. The average Bonchev–Trinajstić information content (AvgIpc) is 3.25. The van der Waals surface area contributed by atoms with E-state index in [9.17, 15) is 4.79 Å². The van der Waals surface area contributed by atoms with Crippen molar-refractivity contribution < 1.29 is 19.0 Å². The maximum Gasteiger partial charge on any atom is 0.251 e. The van der Waals surface area contributed by atoms with Crippen LogP contribution in [0.1, 0.15) is 36.8 Å². The summed E-state index contributed by atoms with van der Waals surface area (Å²) >= 11 is 0. The zero-order chi connectivity index (χ0) is 21.8. The second-order valence-electron chi connectivity index (χ2n) is 8.06. The van der Waals surface area contributed by atoms with E-state index in [-0.39, 0.29) is 5.91 Å². The van der Waals surface area contributed by atoms with E-state index in [2.05, 4.69) is 23.3 Å². The number of carbonyl (C=O) groups is 1. The molecule has 4 rings (SSSR count). The first kappa shape index (κ1) is 21.2. The van der Waals surface area contributed by atoms with Gasteiger partial charge in [0.25, 0.3) is 5.91 Å². The Bertz CT molecular complexity index is 1040. The van der Waals surface area contributed by atoms with Gasteiger partial charge in [-0.15, -0.1) is 0 Å². The molecule has 1 aliphatic rings. The van der Waals surface area contributed by atoms with Gasteiger partial charge in [-0.25, -0.2) is 0 Å². The minimum Gasteiger partial charge on any atom is -0.497 e. The molecule has 0 saturated carbocycles. The summed E-state index contributed by atoms with van der Waals surface area (Å²) in [7, 11) is 3.33. The fourth-order valence-electron chi connectivity index (χ4n) is 4.31. The predicted octanol–water partition coefficient (Wildman–Crippen LogP) is 4.50. The van der Waals surface area contributed by atoms with Crippen LogP contribution in [0, 0.1) is 0 Å². The van der Waals surface area contributed by atoms with Gasteiger partial charge in [0.15, 0.2) is 0 Å². The Kier molecular flexibility index (Phi) is 6.47. The topological polar surface area (TPSA) is 63.8 Å². The largest absolute Gasteiger partial charge is 0.497 e. The highest BCUT2D eigenvalue weighted by Gasteiger charge is 2.28. The van der Waals surface area contributed by atoms with E-state index >= 15 is 0 Å². The summed E-state index contributed by atoms with van der Waals surface area (Å²) in [5, 5.41) is 1.21. The van der Waals surface area contributed by atoms with Crippen LogP contribution in [0.5, 0.6) is 11.5 Å². The van der Waals surface area contributed by atoms with Crippen LogP contribution < -0.4 is 9.47 Å². The molecular formula is C25H30N2O4. The number of hydrogen-bond donors (Lipinski definition) is 1. The predicted molar refractivity (Wildman–Crippen MR) is 121 cm³/mol. The number of benzene rings is 2. The molecule has 0 aliphatic carbocycles. The number of rotatable bonds is 7. The molecule has 0 bridgehead atoms. The molecular weight excluding hydrogens is 392 g/mol. The molecule has 1 aliphatic heterocycles. The summed E-state index contributed by atoms with van der Waals surface area (Å²) in [6, 6.07) is 13.8. The molecule has 1 unspecified atom stereocenters. The van der Waals surface area contributed by atoms with E-state index in [1.165, 1.54) is 10.9 Å². The Balaban J connectivity index is 1.33. The number of likely N-dealkylation sites (tertiary alicyclic amines) is 1. The van der Waals surface area contributed by atoms with Gasteiger partial charge in [-0.2, -0.15) is 0 Å². The molecule has 0 radical (unpaired) electrons. The van der Waals surface area contributed by atoms with E-state index in [4.69, 9.17) is 14.2 Å². The Morgan fingerprint density at radius 2 is 1.84 bits per heavy atom. The van der Waals surface area contributed by atoms with Gasteiger partial charge in [0.2, 0.25) is 0 Å². The fraction of sp³-hybridized carbons (Fsp3) is 0.400. The second-order valence-corrected chi connectivity index (χ2v) is 8.06. The monoisotopic (exact) mass is 422 g/mol. The molecule has 1 saturated heterocycles. The normalized spacial score (nSPS) is 15.8. The maximum atomic E-state index is 12.9. The molecule has 2 heterocycles. The van der Waals surface area contributed by atoms with E-state index in [0.29, 0.717) is 12.5 Å². The van der Waals surface area contributed by atoms with Crippen molar-refractivity contribution >= 4 is 16.8 Å². The standard InChI is InChI=1S/C25H30N2O4/c1-17(31-16-18-5-4-6-20(13-18)29-2)25(28)27-11-9-19(10-12-27)23-15-26-24-8-7-21(30-3)14-22(23)24/h4-8,13-15,17,19,26H,9-12,16H2,1-3H3. The van der Waals surface area contributed by atoms with E-state index < -0.39 is 6.10 Å². The van der Waals surface area contributed by atoms with Crippen molar-refractivity contribution in [2.24, 2.45) is 0 Å². The third kappa shape index (κ3) is 4.69. The lowest BCUT2D eigenvalue weighted by atomic mass is 9.89. The third-order valence-electron chi connectivity index (χ3n) is 6.15.